The molecule has 0 radical (unpaired) electrons. The molecular weight excluding hydrogens is 547 g/mol. The van der Waals surface area contributed by atoms with Gasteiger partial charge in [-0.25, -0.2) is 4.39 Å². The van der Waals surface area contributed by atoms with E-state index in [1.54, 1.807) is 36.5 Å². The minimum atomic E-state index is -3.82. The first-order valence-electron chi connectivity index (χ1n) is 12.6. The fourth-order valence-corrected chi connectivity index (χ4v) is 5.66. The van der Waals surface area contributed by atoms with Crippen molar-refractivity contribution >= 4 is 33.2 Å². The number of benzene rings is 2. The lowest BCUT2D eigenvalue weighted by molar-refractivity contribution is 0.242. The van der Waals surface area contributed by atoms with E-state index < -0.39 is 21.6 Å². The predicted molar refractivity (Wildman–Crippen MR) is 148 cm³/mol. The normalized spacial score (nSPS) is 17.3. The van der Waals surface area contributed by atoms with Crippen LogP contribution >= 0.6 is 11.6 Å². The van der Waals surface area contributed by atoms with E-state index in [1.807, 2.05) is 4.90 Å². The van der Waals surface area contributed by atoms with E-state index in [0.29, 0.717) is 41.7 Å². The highest BCUT2D eigenvalue weighted by molar-refractivity contribution is 7.87. The molecule has 3 aromatic rings. The summed E-state index contributed by atoms with van der Waals surface area (Å²) < 4.78 is 50.7. The van der Waals surface area contributed by atoms with Gasteiger partial charge < -0.3 is 15.4 Å². The van der Waals surface area contributed by atoms with Crippen molar-refractivity contribution in [2.24, 2.45) is 5.41 Å². The van der Waals surface area contributed by atoms with E-state index in [4.69, 9.17) is 22.1 Å². The molecule has 5 rings (SSSR count). The number of hydrogen-bond acceptors (Lipinski definition) is 7. The lowest BCUT2D eigenvalue weighted by atomic mass is 10.2. The zero-order chi connectivity index (χ0) is 27.8. The highest BCUT2D eigenvalue weighted by Crippen LogP contribution is 2.45. The van der Waals surface area contributed by atoms with Crippen LogP contribution in [-0.4, -0.2) is 55.3 Å². The summed E-state index contributed by atoms with van der Waals surface area (Å²) in [5.41, 5.74) is 6.62. The maximum Gasteiger partial charge on any atom is 0.316 e. The lowest BCUT2D eigenvalue weighted by Gasteiger charge is -2.35. The first-order valence-corrected chi connectivity index (χ1v) is 14.4. The molecule has 0 bridgehead atoms. The molecule has 1 aromatic heterocycles. The number of aromatic nitrogens is 2. The Morgan fingerprint density at radius 1 is 1.15 bits per heavy atom. The molecule has 1 saturated heterocycles. The van der Waals surface area contributed by atoms with Gasteiger partial charge in [0.1, 0.15) is 11.5 Å². The Balaban J connectivity index is 1.31. The van der Waals surface area contributed by atoms with Gasteiger partial charge in [0, 0.05) is 43.2 Å². The SMILES string of the molecule is CC1(COc2c(N3CCN(S(=O)(=O)NCc4ccc(N)c(F)c4)CC3)cnn(-c3cccc(Cl)c3)c2=O)CC1. The summed E-state index contributed by atoms with van der Waals surface area (Å²) in [5, 5.41) is 4.85. The number of piperazine rings is 1. The molecule has 2 heterocycles. The second-order valence-corrected chi connectivity index (χ2v) is 12.4. The fourth-order valence-electron chi connectivity index (χ4n) is 4.30. The Labute approximate surface area is 231 Å². The predicted octanol–water partition coefficient (Wildman–Crippen LogP) is 2.94. The van der Waals surface area contributed by atoms with E-state index in [2.05, 4.69) is 16.7 Å². The van der Waals surface area contributed by atoms with Crippen LogP contribution in [0.1, 0.15) is 25.3 Å². The summed E-state index contributed by atoms with van der Waals surface area (Å²) in [5.74, 6) is -0.419. The standard InChI is InChI=1S/C26H30ClFN6O4S/c1-26(7-8-26)17-38-24-23(16-30-34(25(24)35)20-4-2-3-19(27)14-20)32-9-11-33(12-10-32)39(36,37)31-15-18-5-6-22(29)21(28)13-18/h2-6,13-14,16,31H,7-12,15,17,29H2,1H3. The largest absolute Gasteiger partial charge is 0.486 e. The second-order valence-electron chi connectivity index (χ2n) is 10.2. The average Bonchev–Trinajstić information content (AvgIpc) is 3.65. The summed E-state index contributed by atoms with van der Waals surface area (Å²) in [4.78, 5) is 15.4. The molecule has 1 aliphatic carbocycles. The Hall–Kier alpha value is -3.19. The third-order valence-electron chi connectivity index (χ3n) is 7.08. The molecule has 39 heavy (non-hydrogen) atoms. The summed E-state index contributed by atoms with van der Waals surface area (Å²) in [6, 6.07) is 11.0. The van der Waals surface area contributed by atoms with Crippen LogP contribution in [0.25, 0.3) is 5.69 Å². The van der Waals surface area contributed by atoms with Crippen LogP contribution in [0.2, 0.25) is 5.02 Å². The average molecular weight is 577 g/mol. The van der Waals surface area contributed by atoms with E-state index in [1.165, 1.54) is 21.1 Å². The zero-order valence-corrected chi connectivity index (χ0v) is 23.0. The monoisotopic (exact) mass is 576 g/mol. The number of nitrogen functional groups attached to an aromatic ring is 1. The molecule has 13 heteroatoms. The van der Waals surface area contributed by atoms with Crippen molar-refractivity contribution in [3.63, 3.8) is 0 Å². The van der Waals surface area contributed by atoms with Crippen molar-refractivity contribution in [3.8, 4) is 11.4 Å². The first-order chi connectivity index (χ1) is 18.5. The van der Waals surface area contributed by atoms with E-state index >= 15 is 0 Å². The van der Waals surface area contributed by atoms with Crippen LogP contribution in [-0.2, 0) is 16.8 Å². The third-order valence-corrected chi connectivity index (χ3v) is 8.87. The fraction of sp³-hybridized carbons (Fsp3) is 0.385. The topological polar surface area (TPSA) is 123 Å². The van der Waals surface area contributed by atoms with Crippen molar-refractivity contribution in [2.45, 2.75) is 26.3 Å². The van der Waals surface area contributed by atoms with Gasteiger partial charge in [-0.1, -0.05) is 30.7 Å². The second kappa shape index (κ2) is 10.8. The molecule has 2 aromatic carbocycles. The Kier molecular flexibility index (Phi) is 7.55. The Morgan fingerprint density at radius 2 is 1.90 bits per heavy atom. The van der Waals surface area contributed by atoms with Crippen molar-refractivity contribution in [3.05, 3.63) is 75.4 Å². The zero-order valence-electron chi connectivity index (χ0n) is 21.4. The maximum absolute atomic E-state index is 13.7. The number of ether oxygens (including phenoxy) is 1. The van der Waals surface area contributed by atoms with Gasteiger partial charge in [-0.2, -0.15) is 27.2 Å². The van der Waals surface area contributed by atoms with Gasteiger partial charge in [-0.3, -0.25) is 4.79 Å². The van der Waals surface area contributed by atoms with Gasteiger partial charge in [-0.05, 0) is 48.7 Å². The van der Waals surface area contributed by atoms with Crippen molar-refractivity contribution in [2.75, 3.05) is 43.4 Å². The summed E-state index contributed by atoms with van der Waals surface area (Å²) >= 11 is 6.13. The molecule has 1 aliphatic heterocycles. The molecule has 3 N–H and O–H groups in total. The van der Waals surface area contributed by atoms with E-state index in [9.17, 15) is 17.6 Å². The number of nitrogens with one attached hydrogen (secondary N) is 1. The van der Waals surface area contributed by atoms with Crippen molar-refractivity contribution in [1.82, 2.24) is 18.8 Å². The molecule has 0 atom stereocenters. The van der Waals surface area contributed by atoms with Crippen LogP contribution in [0, 0.1) is 11.2 Å². The number of anilines is 2. The van der Waals surface area contributed by atoms with Crippen LogP contribution in [0.4, 0.5) is 15.8 Å². The van der Waals surface area contributed by atoms with E-state index in [-0.39, 0.29) is 36.5 Å². The van der Waals surface area contributed by atoms with Crippen LogP contribution in [0.15, 0.2) is 53.5 Å². The highest BCUT2D eigenvalue weighted by Gasteiger charge is 2.39. The summed E-state index contributed by atoms with van der Waals surface area (Å²) in [7, 11) is -3.82. The van der Waals surface area contributed by atoms with Gasteiger partial charge in [0.05, 0.1) is 24.2 Å². The van der Waals surface area contributed by atoms with Gasteiger partial charge in [0.2, 0.25) is 5.75 Å². The Morgan fingerprint density at radius 3 is 2.56 bits per heavy atom. The number of halogens is 2. The molecule has 0 amide bonds. The van der Waals surface area contributed by atoms with E-state index in [0.717, 1.165) is 12.8 Å². The van der Waals surface area contributed by atoms with Crippen molar-refractivity contribution < 1.29 is 17.5 Å². The minimum absolute atomic E-state index is 0.00189. The molecule has 1 saturated carbocycles. The first kappa shape index (κ1) is 27.4. The van der Waals surface area contributed by atoms with Crippen LogP contribution < -0.4 is 25.7 Å². The number of nitrogens with two attached hydrogens (primary N) is 1. The van der Waals surface area contributed by atoms with Crippen LogP contribution in [0.5, 0.6) is 5.75 Å². The number of nitrogens with zero attached hydrogens (tertiary/aromatic N) is 4. The van der Waals surface area contributed by atoms with Gasteiger partial charge >= 0.3 is 5.56 Å². The smallest absolute Gasteiger partial charge is 0.316 e. The summed E-state index contributed by atoms with van der Waals surface area (Å²) in [6.45, 7) is 3.46. The molecule has 10 nitrogen and oxygen atoms in total. The number of rotatable bonds is 9. The summed E-state index contributed by atoms with van der Waals surface area (Å²) in [6.07, 6.45) is 3.63. The van der Waals surface area contributed by atoms with Crippen LogP contribution in [0.3, 0.4) is 0 Å². The maximum atomic E-state index is 13.7. The molecule has 2 fully saturated rings. The molecule has 0 spiro atoms. The third kappa shape index (κ3) is 6.19. The minimum Gasteiger partial charge on any atom is -0.486 e. The molecule has 0 unspecified atom stereocenters. The molecular formula is C26H30ClFN6O4S. The quantitative estimate of drug-likeness (QED) is 0.375. The molecule has 2 aliphatic rings. The Bertz CT molecular complexity index is 1540. The lowest BCUT2D eigenvalue weighted by Crippen LogP contribution is -2.52. The van der Waals surface area contributed by atoms with Crippen molar-refractivity contribution in [1.29, 1.82) is 0 Å². The van der Waals surface area contributed by atoms with Gasteiger partial charge in [0.15, 0.2) is 0 Å². The number of hydrogen-bond donors (Lipinski definition) is 2. The van der Waals surface area contributed by atoms with Gasteiger partial charge in [0.25, 0.3) is 10.2 Å². The molecule has 208 valence electrons. The highest BCUT2D eigenvalue weighted by atomic mass is 35.5. The van der Waals surface area contributed by atoms with Gasteiger partial charge in [-0.15, -0.1) is 0 Å².